The summed E-state index contributed by atoms with van der Waals surface area (Å²) < 4.78 is 5.31. The summed E-state index contributed by atoms with van der Waals surface area (Å²) >= 11 is 0. The van der Waals surface area contributed by atoms with Crippen LogP contribution >= 0.6 is 0 Å². The largest absolute Gasteiger partial charge is 0.381 e. The van der Waals surface area contributed by atoms with Gasteiger partial charge in [0, 0.05) is 31.7 Å². The second-order valence-electron chi connectivity index (χ2n) is 5.75. The Morgan fingerprint density at radius 2 is 2.00 bits per heavy atom. The van der Waals surface area contributed by atoms with Crippen molar-refractivity contribution in [3.05, 3.63) is 11.9 Å². The number of hydrogen-bond donors (Lipinski definition) is 2. The highest BCUT2D eigenvalue weighted by Crippen LogP contribution is 2.27. The van der Waals surface area contributed by atoms with Crippen molar-refractivity contribution in [3.8, 4) is 0 Å². The molecule has 0 atom stereocenters. The molecule has 0 unspecified atom stereocenters. The first-order valence-corrected chi connectivity index (χ1v) is 7.54. The van der Waals surface area contributed by atoms with E-state index in [1.54, 1.807) is 7.11 Å². The number of ether oxygens (including phenoxy) is 1. The van der Waals surface area contributed by atoms with Gasteiger partial charge in [0.05, 0.1) is 6.10 Å². The van der Waals surface area contributed by atoms with Crippen molar-refractivity contribution in [1.82, 2.24) is 9.97 Å². The molecule has 1 heterocycles. The van der Waals surface area contributed by atoms with Crippen molar-refractivity contribution >= 4 is 11.6 Å². The van der Waals surface area contributed by atoms with Crippen molar-refractivity contribution in [3.63, 3.8) is 0 Å². The van der Waals surface area contributed by atoms with Gasteiger partial charge in [0.2, 0.25) is 0 Å². The SMILES string of the molecule is CCCNc1cc(NC2CC(OC)C2)nc(C(C)C)n1. The van der Waals surface area contributed by atoms with Gasteiger partial charge < -0.3 is 15.4 Å². The molecule has 1 aliphatic carbocycles. The summed E-state index contributed by atoms with van der Waals surface area (Å²) in [6, 6.07) is 2.47. The number of anilines is 2. The van der Waals surface area contributed by atoms with Gasteiger partial charge in [0.1, 0.15) is 17.5 Å². The van der Waals surface area contributed by atoms with Crippen LogP contribution in [0.15, 0.2) is 6.07 Å². The van der Waals surface area contributed by atoms with Crippen LogP contribution in [0.1, 0.15) is 51.8 Å². The smallest absolute Gasteiger partial charge is 0.135 e. The quantitative estimate of drug-likeness (QED) is 0.803. The Morgan fingerprint density at radius 1 is 1.30 bits per heavy atom. The molecule has 0 aliphatic heterocycles. The second-order valence-corrected chi connectivity index (χ2v) is 5.75. The third kappa shape index (κ3) is 3.82. The summed E-state index contributed by atoms with van der Waals surface area (Å²) in [5.41, 5.74) is 0. The summed E-state index contributed by atoms with van der Waals surface area (Å²) in [4.78, 5) is 9.18. The Balaban J connectivity index is 2.04. The number of methoxy groups -OCH3 is 1. The average molecular weight is 278 g/mol. The van der Waals surface area contributed by atoms with Gasteiger partial charge >= 0.3 is 0 Å². The van der Waals surface area contributed by atoms with E-state index in [9.17, 15) is 0 Å². The average Bonchev–Trinajstić information content (AvgIpc) is 2.39. The molecule has 5 heteroatoms. The van der Waals surface area contributed by atoms with Crippen LogP contribution in [0.4, 0.5) is 11.6 Å². The molecule has 1 aliphatic rings. The topological polar surface area (TPSA) is 59.1 Å². The maximum Gasteiger partial charge on any atom is 0.135 e. The van der Waals surface area contributed by atoms with Crippen LogP contribution in [0.3, 0.4) is 0 Å². The van der Waals surface area contributed by atoms with E-state index in [0.717, 1.165) is 43.3 Å². The van der Waals surface area contributed by atoms with Crippen molar-refractivity contribution in [1.29, 1.82) is 0 Å². The fourth-order valence-corrected chi connectivity index (χ4v) is 2.23. The minimum Gasteiger partial charge on any atom is -0.381 e. The van der Waals surface area contributed by atoms with E-state index >= 15 is 0 Å². The van der Waals surface area contributed by atoms with E-state index < -0.39 is 0 Å². The molecule has 112 valence electrons. The minimum atomic E-state index is 0.326. The summed E-state index contributed by atoms with van der Waals surface area (Å²) in [7, 11) is 1.77. The first-order valence-electron chi connectivity index (χ1n) is 7.54. The molecule has 1 fully saturated rings. The number of rotatable bonds is 7. The molecule has 0 amide bonds. The van der Waals surface area contributed by atoms with Gasteiger partial charge in [-0.15, -0.1) is 0 Å². The zero-order valence-corrected chi connectivity index (χ0v) is 12.9. The molecular weight excluding hydrogens is 252 g/mol. The zero-order valence-electron chi connectivity index (χ0n) is 12.9. The first-order chi connectivity index (χ1) is 9.62. The lowest BCUT2D eigenvalue weighted by atomic mass is 9.89. The van der Waals surface area contributed by atoms with Gasteiger partial charge in [0.25, 0.3) is 0 Å². The molecule has 1 aromatic rings. The summed E-state index contributed by atoms with van der Waals surface area (Å²) in [5.74, 6) is 3.04. The van der Waals surface area contributed by atoms with Gasteiger partial charge in [-0.3, -0.25) is 0 Å². The normalized spacial score (nSPS) is 21.6. The molecule has 20 heavy (non-hydrogen) atoms. The summed E-state index contributed by atoms with van der Waals surface area (Å²) in [6.07, 6.45) is 3.59. The monoisotopic (exact) mass is 278 g/mol. The summed E-state index contributed by atoms with van der Waals surface area (Å²) in [6.45, 7) is 7.32. The van der Waals surface area contributed by atoms with E-state index in [4.69, 9.17) is 4.74 Å². The van der Waals surface area contributed by atoms with E-state index in [0.29, 0.717) is 18.1 Å². The molecule has 0 spiro atoms. The molecule has 5 nitrogen and oxygen atoms in total. The fourth-order valence-electron chi connectivity index (χ4n) is 2.23. The number of hydrogen-bond acceptors (Lipinski definition) is 5. The molecule has 0 radical (unpaired) electrons. The van der Waals surface area contributed by atoms with Crippen LogP contribution in [0.5, 0.6) is 0 Å². The number of nitrogens with zero attached hydrogens (tertiary/aromatic N) is 2. The van der Waals surface area contributed by atoms with E-state index in [-0.39, 0.29) is 0 Å². The highest BCUT2D eigenvalue weighted by molar-refractivity contribution is 5.48. The van der Waals surface area contributed by atoms with Crippen LogP contribution in [-0.2, 0) is 4.74 Å². The van der Waals surface area contributed by atoms with E-state index in [2.05, 4.69) is 41.4 Å². The molecule has 0 saturated heterocycles. The Kier molecular flexibility index (Phi) is 5.17. The van der Waals surface area contributed by atoms with Gasteiger partial charge in [0.15, 0.2) is 0 Å². The van der Waals surface area contributed by atoms with Gasteiger partial charge in [-0.05, 0) is 19.3 Å². The summed E-state index contributed by atoms with van der Waals surface area (Å²) in [5, 5.41) is 6.83. The van der Waals surface area contributed by atoms with Crippen LogP contribution in [0.2, 0.25) is 0 Å². The maximum absolute atomic E-state index is 5.31. The van der Waals surface area contributed by atoms with Crippen LogP contribution in [-0.4, -0.2) is 35.8 Å². The third-order valence-electron chi connectivity index (χ3n) is 3.60. The van der Waals surface area contributed by atoms with Crippen molar-refractivity contribution in [2.45, 2.75) is 58.1 Å². The van der Waals surface area contributed by atoms with E-state index in [1.807, 2.05) is 6.07 Å². The van der Waals surface area contributed by atoms with Crippen molar-refractivity contribution in [2.75, 3.05) is 24.3 Å². The fraction of sp³-hybridized carbons (Fsp3) is 0.733. The number of nitrogens with one attached hydrogen (secondary N) is 2. The standard InChI is InChI=1S/C15H26N4O/c1-5-6-16-13-9-14(19-15(18-13)10(2)3)17-11-7-12(8-11)20-4/h9-12H,5-8H2,1-4H3,(H2,16,17,18,19). The zero-order chi connectivity index (χ0) is 14.5. The van der Waals surface area contributed by atoms with Crippen LogP contribution in [0, 0.1) is 0 Å². The maximum atomic E-state index is 5.31. The second kappa shape index (κ2) is 6.88. The van der Waals surface area contributed by atoms with Gasteiger partial charge in [-0.25, -0.2) is 9.97 Å². The Morgan fingerprint density at radius 3 is 2.60 bits per heavy atom. The molecule has 1 aromatic heterocycles. The van der Waals surface area contributed by atoms with E-state index in [1.165, 1.54) is 0 Å². The lowest BCUT2D eigenvalue weighted by Crippen LogP contribution is -2.40. The lowest BCUT2D eigenvalue weighted by molar-refractivity contribution is 0.0328. The molecule has 0 bridgehead atoms. The molecule has 2 N–H and O–H groups in total. The molecule has 1 saturated carbocycles. The van der Waals surface area contributed by atoms with Crippen molar-refractivity contribution in [2.24, 2.45) is 0 Å². The Labute approximate surface area is 121 Å². The minimum absolute atomic E-state index is 0.326. The number of aromatic nitrogens is 2. The predicted molar refractivity (Wildman–Crippen MR) is 82.3 cm³/mol. The Hall–Kier alpha value is -1.36. The molecule has 2 rings (SSSR count). The van der Waals surface area contributed by atoms with Crippen molar-refractivity contribution < 1.29 is 4.74 Å². The highest BCUT2D eigenvalue weighted by Gasteiger charge is 2.29. The molecular formula is C15H26N4O. The Bertz CT molecular complexity index is 430. The van der Waals surface area contributed by atoms with Gasteiger partial charge in [-0.1, -0.05) is 20.8 Å². The first kappa shape index (κ1) is 15.0. The lowest BCUT2D eigenvalue weighted by Gasteiger charge is -2.35. The van der Waals surface area contributed by atoms with Crippen LogP contribution in [0.25, 0.3) is 0 Å². The molecule has 0 aromatic carbocycles. The highest BCUT2D eigenvalue weighted by atomic mass is 16.5. The van der Waals surface area contributed by atoms with Gasteiger partial charge in [-0.2, -0.15) is 0 Å². The van der Waals surface area contributed by atoms with Crippen LogP contribution < -0.4 is 10.6 Å². The predicted octanol–water partition coefficient (Wildman–Crippen LogP) is 3.01. The third-order valence-corrected chi connectivity index (χ3v) is 3.60.